The fourth-order valence-electron chi connectivity index (χ4n) is 2.89. The molecule has 0 spiro atoms. The lowest BCUT2D eigenvalue weighted by molar-refractivity contribution is -0.113. The van der Waals surface area contributed by atoms with E-state index >= 15 is 0 Å². The van der Waals surface area contributed by atoms with E-state index in [2.05, 4.69) is 20.6 Å². The van der Waals surface area contributed by atoms with Gasteiger partial charge in [-0.2, -0.15) is 0 Å². The molecule has 2 aromatic carbocycles. The van der Waals surface area contributed by atoms with Crippen molar-refractivity contribution in [1.82, 2.24) is 9.97 Å². The standard InChI is InChI=1S/C22H23N5O6S/c1-31-14-7-5-4-6-13(14)24-17(28)11-34-22-26-19(23)18(21(30)27-22)25-20(29)12-8-9-15(32-2)16(10-12)33-3/h4-10H,11H2,1-3H3,(H,24,28)(H,25,29)(H3,23,26,27,30). The molecular weight excluding hydrogens is 462 g/mol. The predicted octanol–water partition coefficient (Wildman–Crippen LogP) is 2.36. The van der Waals surface area contributed by atoms with E-state index in [4.69, 9.17) is 19.9 Å². The maximum atomic E-state index is 12.6. The number of carbonyl (C=O) groups excluding carboxylic acids is 2. The van der Waals surface area contributed by atoms with Crippen molar-refractivity contribution in [2.24, 2.45) is 0 Å². The molecule has 3 aromatic rings. The maximum Gasteiger partial charge on any atom is 0.277 e. The van der Waals surface area contributed by atoms with Crippen molar-refractivity contribution in [2.45, 2.75) is 5.16 Å². The number of nitrogen functional groups attached to an aromatic ring is 1. The van der Waals surface area contributed by atoms with Crippen molar-refractivity contribution in [3.05, 3.63) is 58.4 Å². The van der Waals surface area contributed by atoms with Gasteiger partial charge in [0.1, 0.15) is 11.4 Å². The number of nitrogens with one attached hydrogen (secondary N) is 3. The quantitative estimate of drug-likeness (QED) is 0.264. The lowest BCUT2D eigenvalue weighted by Crippen LogP contribution is -2.23. The molecule has 0 atom stereocenters. The van der Waals surface area contributed by atoms with Crippen molar-refractivity contribution in [2.75, 3.05) is 43.4 Å². The van der Waals surface area contributed by atoms with Gasteiger partial charge in [0.15, 0.2) is 22.5 Å². The molecule has 3 rings (SSSR count). The normalized spacial score (nSPS) is 10.3. The van der Waals surface area contributed by atoms with Crippen LogP contribution in [0.15, 0.2) is 52.4 Å². The molecule has 11 nitrogen and oxygen atoms in total. The second-order valence-electron chi connectivity index (χ2n) is 6.69. The summed E-state index contributed by atoms with van der Waals surface area (Å²) < 4.78 is 15.5. The Morgan fingerprint density at radius 2 is 1.71 bits per heavy atom. The molecule has 0 saturated carbocycles. The molecule has 12 heteroatoms. The van der Waals surface area contributed by atoms with Crippen molar-refractivity contribution in [1.29, 1.82) is 0 Å². The van der Waals surface area contributed by atoms with Crippen molar-refractivity contribution in [3.63, 3.8) is 0 Å². The molecule has 0 aliphatic carbocycles. The van der Waals surface area contributed by atoms with E-state index in [-0.39, 0.29) is 33.9 Å². The first kappa shape index (κ1) is 24.5. The van der Waals surface area contributed by atoms with Crippen molar-refractivity contribution >= 4 is 40.8 Å². The molecule has 34 heavy (non-hydrogen) atoms. The molecule has 2 amide bonds. The lowest BCUT2D eigenvalue weighted by Gasteiger charge is -2.11. The van der Waals surface area contributed by atoms with Gasteiger partial charge in [0, 0.05) is 5.56 Å². The summed E-state index contributed by atoms with van der Waals surface area (Å²) in [5.41, 5.74) is 5.78. The first-order valence-electron chi connectivity index (χ1n) is 9.85. The molecule has 1 heterocycles. The molecule has 5 N–H and O–H groups in total. The second-order valence-corrected chi connectivity index (χ2v) is 7.66. The van der Waals surface area contributed by atoms with E-state index in [1.165, 1.54) is 33.5 Å². The number of nitrogens with two attached hydrogens (primary N) is 1. The molecule has 0 radical (unpaired) electrons. The zero-order chi connectivity index (χ0) is 24.7. The summed E-state index contributed by atoms with van der Waals surface area (Å²) in [5.74, 6) is 0.176. The fraction of sp³-hybridized carbons (Fsp3) is 0.182. The summed E-state index contributed by atoms with van der Waals surface area (Å²) in [6.07, 6.45) is 0. The Morgan fingerprint density at radius 3 is 2.38 bits per heavy atom. The summed E-state index contributed by atoms with van der Waals surface area (Å²) in [6.45, 7) is 0. The highest BCUT2D eigenvalue weighted by atomic mass is 32.2. The molecule has 0 aliphatic rings. The predicted molar refractivity (Wildman–Crippen MR) is 129 cm³/mol. The average Bonchev–Trinajstić information content (AvgIpc) is 2.84. The van der Waals surface area contributed by atoms with Crippen LogP contribution >= 0.6 is 11.8 Å². The number of hydrogen-bond acceptors (Lipinski definition) is 9. The SMILES string of the molecule is COc1ccccc1NC(=O)CSc1nc(N)c(NC(=O)c2ccc(OC)c(OC)c2)c(=O)[nH]1. The Kier molecular flexibility index (Phi) is 7.98. The largest absolute Gasteiger partial charge is 0.495 e. The van der Waals surface area contributed by atoms with Gasteiger partial charge in [-0.15, -0.1) is 0 Å². The monoisotopic (exact) mass is 485 g/mol. The number of carbonyl (C=O) groups is 2. The number of nitrogens with zero attached hydrogens (tertiary/aromatic N) is 1. The Hall–Kier alpha value is -4.19. The lowest BCUT2D eigenvalue weighted by atomic mass is 10.2. The van der Waals surface area contributed by atoms with E-state index < -0.39 is 11.5 Å². The van der Waals surface area contributed by atoms with Crippen LogP contribution in [0, 0.1) is 0 Å². The van der Waals surface area contributed by atoms with Crippen LogP contribution in [0.1, 0.15) is 10.4 Å². The molecule has 0 unspecified atom stereocenters. The summed E-state index contributed by atoms with van der Waals surface area (Å²) in [6, 6.07) is 11.5. The number of anilines is 3. The van der Waals surface area contributed by atoms with Crippen LogP contribution in [0.5, 0.6) is 17.2 Å². The van der Waals surface area contributed by atoms with Gasteiger partial charge >= 0.3 is 0 Å². The highest BCUT2D eigenvalue weighted by molar-refractivity contribution is 7.99. The zero-order valence-electron chi connectivity index (χ0n) is 18.6. The number of benzene rings is 2. The maximum absolute atomic E-state index is 12.6. The smallest absolute Gasteiger partial charge is 0.277 e. The number of H-pyrrole nitrogens is 1. The van der Waals surface area contributed by atoms with Gasteiger partial charge in [-0.1, -0.05) is 23.9 Å². The molecule has 0 aliphatic heterocycles. The molecule has 1 aromatic heterocycles. The van der Waals surface area contributed by atoms with E-state index in [0.29, 0.717) is 22.9 Å². The Morgan fingerprint density at radius 1 is 1.00 bits per heavy atom. The minimum Gasteiger partial charge on any atom is -0.495 e. The van der Waals surface area contributed by atoms with Gasteiger partial charge in [0.05, 0.1) is 32.8 Å². The van der Waals surface area contributed by atoms with Crippen LogP contribution in [0.25, 0.3) is 0 Å². The number of amides is 2. The Balaban J connectivity index is 1.67. The van der Waals surface area contributed by atoms with Crippen LogP contribution in [-0.2, 0) is 4.79 Å². The number of rotatable bonds is 9. The van der Waals surface area contributed by atoms with Crippen LogP contribution in [0.3, 0.4) is 0 Å². The van der Waals surface area contributed by atoms with Crippen molar-refractivity contribution in [3.8, 4) is 17.2 Å². The molecule has 178 valence electrons. The van der Waals surface area contributed by atoms with Gasteiger partial charge in [0.25, 0.3) is 11.5 Å². The number of aromatic amines is 1. The number of aromatic nitrogens is 2. The van der Waals surface area contributed by atoms with E-state index in [1.807, 2.05) is 0 Å². The summed E-state index contributed by atoms with van der Waals surface area (Å²) in [4.78, 5) is 44.0. The van der Waals surface area contributed by atoms with E-state index in [9.17, 15) is 14.4 Å². The summed E-state index contributed by atoms with van der Waals surface area (Å²) in [5, 5.41) is 5.30. The van der Waals surface area contributed by atoms with Gasteiger partial charge < -0.3 is 30.6 Å². The van der Waals surface area contributed by atoms with Gasteiger partial charge in [-0.05, 0) is 30.3 Å². The van der Waals surface area contributed by atoms with Crippen LogP contribution < -0.4 is 36.1 Å². The van der Waals surface area contributed by atoms with Crippen LogP contribution in [0.2, 0.25) is 0 Å². The first-order valence-corrected chi connectivity index (χ1v) is 10.8. The highest BCUT2D eigenvalue weighted by Crippen LogP contribution is 2.28. The Labute approximate surface area is 199 Å². The molecular formula is C22H23N5O6S. The number of hydrogen-bond donors (Lipinski definition) is 4. The van der Waals surface area contributed by atoms with E-state index in [0.717, 1.165) is 11.8 Å². The van der Waals surface area contributed by atoms with Crippen LogP contribution in [0.4, 0.5) is 17.2 Å². The minimum atomic E-state index is -0.658. The van der Waals surface area contributed by atoms with Gasteiger partial charge in [-0.3, -0.25) is 19.4 Å². The second kappa shape index (κ2) is 11.1. The molecule has 0 fully saturated rings. The molecule has 0 bridgehead atoms. The van der Waals surface area contributed by atoms with Gasteiger partial charge in [0.2, 0.25) is 5.91 Å². The zero-order valence-corrected chi connectivity index (χ0v) is 19.4. The third-order valence-electron chi connectivity index (χ3n) is 4.53. The third kappa shape index (κ3) is 5.78. The number of thioether (sulfide) groups is 1. The number of ether oxygens (including phenoxy) is 3. The average molecular weight is 486 g/mol. The minimum absolute atomic E-state index is 0.0439. The van der Waals surface area contributed by atoms with Gasteiger partial charge in [-0.25, -0.2) is 4.98 Å². The molecule has 0 saturated heterocycles. The van der Waals surface area contributed by atoms with Crippen LogP contribution in [-0.4, -0.2) is 48.9 Å². The third-order valence-corrected chi connectivity index (χ3v) is 5.40. The topological polar surface area (TPSA) is 158 Å². The Bertz CT molecular complexity index is 1260. The first-order chi connectivity index (χ1) is 16.4. The fourth-order valence-corrected chi connectivity index (χ4v) is 3.56. The summed E-state index contributed by atoms with van der Waals surface area (Å²) in [7, 11) is 4.42. The number of methoxy groups -OCH3 is 3. The van der Waals surface area contributed by atoms with E-state index in [1.54, 1.807) is 30.3 Å². The summed E-state index contributed by atoms with van der Waals surface area (Å²) >= 11 is 0.980. The highest BCUT2D eigenvalue weighted by Gasteiger charge is 2.17. The van der Waals surface area contributed by atoms with Crippen molar-refractivity contribution < 1.29 is 23.8 Å². The number of para-hydroxylation sites is 2.